The van der Waals surface area contributed by atoms with Gasteiger partial charge in [0.25, 0.3) is 0 Å². The fraction of sp³-hybridized carbons (Fsp3) is 0.381. The van der Waals surface area contributed by atoms with Crippen LogP contribution >= 0.6 is 0 Å². The minimum absolute atomic E-state index is 0.119. The molecule has 3 rings (SSSR count). The zero-order valence-electron chi connectivity index (χ0n) is 15.5. The summed E-state index contributed by atoms with van der Waals surface area (Å²) in [4.78, 5) is 22.8. The average Bonchev–Trinajstić information content (AvgIpc) is 2.63. The van der Waals surface area contributed by atoms with Crippen molar-refractivity contribution in [3.63, 3.8) is 0 Å². The molecule has 0 saturated carbocycles. The first-order valence-corrected chi connectivity index (χ1v) is 8.84. The molecule has 0 spiro atoms. The van der Waals surface area contributed by atoms with Crippen molar-refractivity contribution in [2.24, 2.45) is 4.99 Å². The summed E-state index contributed by atoms with van der Waals surface area (Å²) in [5.74, 6) is 0.119. The molecule has 1 aliphatic rings. The Morgan fingerprint density at radius 1 is 1.28 bits per heavy atom. The van der Waals surface area contributed by atoms with E-state index in [1.807, 2.05) is 24.3 Å². The van der Waals surface area contributed by atoms with Gasteiger partial charge in [-0.3, -0.25) is 14.8 Å². The lowest BCUT2D eigenvalue weighted by atomic mass is 9.90. The third-order valence-corrected chi connectivity index (χ3v) is 5.10. The smallest absolute Gasteiger partial charge is 0.219 e. The van der Waals surface area contributed by atoms with E-state index in [2.05, 4.69) is 42.0 Å². The van der Waals surface area contributed by atoms with Gasteiger partial charge in [-0.25, -0.2) is 0 Å². The van der Waals surface area contributed by atoms with Crippen molar-refractivity contribution < 1.29 is 4.79 Å². The van der Waals surface area contributed by atoms with Gasteiger partial charge in [0, 0.05) is 50.4 Å². The molecule has 0 saturated heterocycles. The molecule has 2 heterocycles. The van der Waals surface area contributed by atoms with Gasteiger partial charge in [-0.2, -0.15) is 0 Å². The van der Waals surface area contributed by atoms with Crippen molar-refractivity contribution in [2.75, 3.05) is 20.1 Å². The van der Waals surface area contributed by atoms with Crippen LogP contribution in [0.15, 0.2) is 46.7 Å². The summed E-state index contributed by atoms with van der Waals surface area (Å²) in [6, 6.07) is 6.35. The Hall–Kier alpha value is -2.49. The highest BCUT2D eigenvalue weighted by Crippen LogP contribution is 2.27. The molecule has 25 heavy (non-hydrogen) atoms. The van der Waals surface area contributed by atoms with Gasteiger partial charge in [0.05, 0.1) is 5.71 Å². The molecule has 1 aromatic heterocycles. The van der Waals surface area contributed by atoms with Gasteiger partial charge >= 0.3 is 0 Å². The summed E-state index contributed by atoms with van der Waals surface area (Å²) in [6.45, 7) is 7.36. The minimum atomic E-state index is 0.119. The Labute approximate surface area is 149 Å². The quantitative estimate of drug-likeness (QED) is 0.801. The van der Waals surface area contributed by atoms with Crippen LogP contribution in [-0.2, 0) is 11.2 Å². The topological polar surface area (TPSA) is 45.6 Å². The fourth-order valence-corrected chi connectivity index (χ4v) is 3.57. The summed E-state index contributed by atoms with van der Waals surface area (Å²) in [5, 5.41) is 2.36. The molecule has 1 amide bonds. The van der Waals surface area contributed by atoms with Gasteiger partial charge in [-0.1, -0.05) is 30.7 Å². The first kappa shape index (κ1) is 17.3. The predicted octanol–water partition coefficient (Wildman–Crippen LogP) is 3.78. The van der Waals surface area contributed by atoms with Gasteiger partial charge in [0.1, 0.15) is 0 Å². The molecule has 130 valence electrons. The molecule has 1 aliphatic heterocycles. The number of carbonyl (C=O) groups excluding carboxylic acids is 1. The Morgan fingerprint density at radius 3 is 2.76 bits per heavy atom. The zero-order valence-corrected chi connectivity index (χ0v) is 15.5. The van der Waals surface area contributed by atoms with E-state index in [0.29, 0.717) is 6.54 Å². The maximum absolute atomic E-state index is 11.8. The van der Waals surface area contributed by atoms with Gasteiger partial charge < -0.3 is 4.90 Å². The third-order valence-electron chi connectivity index (χ3n) is 5.10. The maximum atomic E-state index is 11.8. The first-order valence-electron chi connectivity index (χ1n) is 8.84. The molecular weight excluding hydrogens is 310 g/mol. The van der Waals surface area contributed by atoms with Crippen LogP contribution < -0.4 is 0 Å². The second kappa shape index (κ2) is 7.18. The predicted molar refractivity (Wildman–Crippen MR) is 103 cm³/mol. The molecular formula is C21H25N3O. The summed E-state index contributed by atoms with van der Waals surface area (Å²) in [6.07, 6.45) is 5.72. The van der Waals surface area contributed by atoms with E-state index < -0.39 is 0 Å². The number of benzene rings is 1. The van der Waals surface area contributed by atoms with Crippen LogP contribution in [0.2, 0.25) is 0 Å². The number of nitrogens with zero attached hydrogens (tertiary/aromatic N) is 3. The lowest BCUT2D eigenvalue weighted by molar-refractivity contribution is -0.128. The molecule has 0 aliphatic carbocycles. The van der Waals surface area contributed by atoms with Crippen molar-refractivity contribution in [3.8, 4) is 0 Å². The van der Waals surface area contributed by atoms with Crippen LogP contribution in [0.5, 0.6) is 0 Å². The Bertz CT molecular complexity index is 880. The standard InChI is InChI=1S/C21H25N3O/c1-5-16-11-23-12-19-17(16)7-6-8-18(19)21(22-4)20-13-24(15(3)25)10-9-14(20)2/h6-8,11-12H,5,9-10,13H2,1-4H3. The molecule has 4 nitrogen and oxygen atoms in total. The second-order valence-electron chi connectivity index (χ2n) is 6.57. The van der Waals surface area contributed by atoms with Crippen molar-refractivity contribution in [2.45, 2.75) is 33.6 Å². The van der Waals surface area contributed by atoms with Crippen LogP contribution in [0.1, 0.15) is 38.3 Å². The van der Waals surface area contributed by atoms with Crippen LogP contribution in [0.3, 0.4) is 0 Å². The molecule has 0 atom stereocenters. The number of aryl methyl sites for hydroxylation is 1. The molecule has 0 N–H and O–H groups in total. The van der Waals surface area contributed by atoms with Crippen molar-refractivity contribution in [3.05, 3.63) is 52.9 Å². The number of carbonyl (C=O) groups is 1. The van der Waals surface area contributed by atoms with Crippen molar-refractivity contribution >= 4 is 22.4 Å². The lowest BCUT2D eigenvalue weighted by Crippen LogP contribution is -2.37. The number of rotatable bonds is 3. The highest BCUT2D eigenvalue weighted by atomic mass is 16.2. The van der Waals surface area contributed by atoms with E-state index >= 15 is 0 Å². The highest BCUT2D eigenvalue weighted by molar-refractivity contribution is 6.20. The van der Waals surface area contributed by atoms with Gasteiger partial charge in [-0.15, -0.1) is 0 Å². The normalized spacial score (nSPS) is 15.8. The van der Waals surface area contributed by atoms with E-state index in [9.17, 15) is 4.79 Å². The van der Waals surface area contributed by atoms with E-state index in [1.165, 1.54) is 22.1 Å². The third kappa shape index (κ3) is 3.21. The number of aliphatic imine (C=N–C) groups is 1. The van der Waals surface area contributed by atoms with Crippen LogP contribution in [0.4, 0.5) is 0 Å². The Balaban J connectivity index is 2.14. The van der Waals surface area contributed by atoms with E-state index in [4.69, 9.17) is 0 Å². The minimum Gasteiger partial charge on any atom is -0.338 e. The molecule has 1 aromatic carbocycles. The SMILES string of the molecule is CCc1cncc2c(C(=NC)C3=C(C)CCN(C(C)=O)C3)cccc12. The molecule has 0 bridgehead atoms. The lowest BCUT2D eigenvalue weighted by Gasteiger charge is -2.30. The van der Waals surface area contributed by atoms with E-state index in [1.54, 1.807) is 6.92 Å². The molecule has 0 radical (unpaired) electrons. The average molecular weight is 335 g/mol. The maximum Gasteiger partial charge on any atom is 0.219 e. The number of fused-ring (bicyclic) bond motifs is 1. The number of hydrogen-bond acceptors (Lipinski definition) is 3. The van der Waals surface area contributed by atoms with Gasteiger partial charge in [0.15, 0.2) is 0 Å². The highest BCUT2D eigenvalue weighted by Gasteiger charge is 2.23. The van der Waals surface area contributed by atoms with Gasteiger partial charge in [0.2, 0.25) is 5.91 Å². The van der Waals surface area contributed by atoms with Crippen LogP contribution in [-0.4, -0.2) is 41.6 Å². The second-order valence-corrected chi connectivity index (χ2v) is 6.57. The monoisotopic (exact) mass is 335 g/mol. The number of amides is 1. The van der Waals surface area contributed by atoms with E-state index in [-0.39, 0.29) is 5.91 Å². The Morgan fingerprint density at radius 2 is 2.08 bits per heavy atom. The zero-order chi connectivity index (χ0) is 18.0. The van der Waals surface area contributed by atoms with E-state index in [0.717, 1.165) is 36.0 Å². The summed E-state index contributed by atoms with van der Waals surface area (Å²) in [5.41, 5.74) is 5.80. The van der Waals surface area contributed by atoms with Crippen molar-refractivity contribution in [1.29, 1.82) is 0 Å². The number of pyridine rings is 1. The molecule has 0 unspecified atom stereocenters. The first-order chi connectivity index (χ1) is 12.1. The van der Waals surface area contributed by atoms with Crippen molar-refractivity contribution in [1.82, 2.24) is 9.88 Å². The molecule has 0 fully saturated rings. The summed E-state index contributed by atoms with van der Waals surface area (Å²) >= 11 is 0. The summed E-state index contributed by atoms with van der Waals surface area (Å²) < 4.78 is 0. The molecule has 2 aromatic rings. The van der Waals surface area contributed by atoms with Crippen LogP contribution in [0.25, 0.3) is 10.8 Å². The number of aromatic nitrogens is 1. The van der Waals surface area contributed by atoms with Gasteiger partial charge in [-0.05, 0) is 36.3 Å². The Kier molecular flexibility index (Phi) is 4.98. The largest absolute Gasteiger partial charge is 0.338 e. The molecule has 4 heteroatoms. The summed E-state index contributed by atoms with van der Waals surface area (Å²) in [7, 11) is 1.83. The van der Waals surface area contributed by atoms with Crippen LogP contribution in [0, 0.1) is 0 Å². The number of hydrogen-bond donors (Lipinski definition) is 0. The fourth-order valence-electron chi connectivity index (χ4n) is 3.57.